The Kier molecular flexibility index (Phi) is 2.34. The number of carbonyl (C=O) groups is 2. The fourth-order valence-electron chi connectivity index (χ4n) is 1.99. The van der Waals surface area contributed by atoms with Gasteiger partial charge in [0.15, 0.2) is 12.0 Å². The second-order valence-electron chi connectivity index (χ2n) is 3.87. The molecule has 4 nitrogen and oxygen atoms in total. The third kappa shape index (κ3) is 1.47. The molecule has 0 saturated carbocycles. The molecule has 0 aliphatic rings. The molecule has 2 heterocycles. The van der Waals surface area contributed by atoms with Crippen LogP contribution in [0.3, 0.4) is 0 Å². The molecule has 0 aliphatic heterocycles. The number of hydrogen-bond donors (Lipinski definition) is 0. The molecule has 2 aromatic heterocycles. The van der Waals surface area contributed by atoms with Gasteiger partial charge in [0, 0.05) is 17.1 Å². The van der Waals surface area contributed by atoms with Crippen LogP contribution in [0.4, 0.5) is 0 Å². The van der Waals surface area contributed by atoms with Gasteiger partial charge in [-0.15, -0.1) is 0 Å². The van der Waals surface area contributed by atoms with Crippen molar-refractivity contribution in [3.8, 4) is 0 Å². The van der Waals surface area contributed by atoms with E-state index in [2.05, 4.69) is 0 Å². The molecule has 18 heavy (non-hydrogen) atoms. The molecule has 3 rings (SSSR count). The summed E-state index contributed by atoms with van der Waals surface area (Å²) in [5.74, 6) is -0.0440. The van der Waals surface area contributed by atoms with Crippen LogP contribution in [0.25, 0.3) is 10.9 Å². The second kappa shape index (κ2) is 4.00. The van der Waals surface area contributed by atoms with Gasteiger partial charge >= 0.3 is 0 Å². The first-order chi connectivity index (χ1) is 8.81. The van der Waals surface area contributed by atoms with Crippen molar-refractivity contribution in [2.45, 2.75) is 0 Å². The van der Waals surface area contributed by atoms with E-state index in [9.17, 15) is 9.59 Å². The van der Waals surface area contributed by atoms with Gasteiger partial charge in [0.05, 0.1) is 11.8 Å². The fourth-order valence-corrected chi connectivity index (χ4v) is 1.99. The van der Waals surface area contributed by atoms with Crippen molar-refractivity contribution in [2.75, 3.05) is 0 Å². The highest BCUT2D eigenvalue weighted by molar-refractivity contribution is 6.05. The van der Waals surface area contributed by atoms with Crippen LogP contribution in [0.1, 0.15) is 20.9 Å². The molecule has 0 atom stereocenters. The van der Waals surface area contributed by atoms with Crippen LogP contribution in [0.5, 0.6) is 0 Å². The van der Waals surface area contributed by atoms with E-state index in [1.165, 1.54) is 17.0 Å². The van der Waals surface area contributed by atoms with E-state index in [1.807, 2.05) is 18.2 Å². The number of para-hydroxylation sites is 1. The Morgan fingerprint density at radius 3 is 2.72 bits per heavy atom. The normalized spacial score (nSPS) is 10.7. The van der Waals surface area contributed by atoms with E-state index >= 15 is 0 Å². The van der Waals surface area contributed by atoms with Crippen molar-refractivity contribution >= 4 is 23.1 Å². The summed E-state index contributed by atoms with van der Waals surface area (Å²) in [6, 6.07) is 10.5. The summed E-state index contributed by atoms with van der Waals surface area (Å²) < 4.78 is 6.51. The van der Waals surface area contributed by atoms with Crippen molar-refractivity contribution in [1.29, 1.82) is 0 Å². The first-order valence-electron chi connectivity index (χ1n) is 5.45. The SMILES string of the molecule is O=Cc1cn(C(=O)c2ccco2)c2ccccc12. The Bertz CT molecular complexity index is 723. The monoisotopic (exact) mass is 239 g/mol. The van der Waals surface area contributed by atoms with Gasteiger partial charge in [-0.3, -0.25) is 14.2 Å². The highest BCUT2D eigenvalue weighted by Gasteiger charge is 2.16. The largest absolute Gasteiger partial charge is 0.459 e. The molecule has 88 valence electrons. The number of fused-ring (bicyclic) bond motifs is 1. The van der Waals surface area contributed by atoms with E-state index in [0.717, 1.165) is 11.7 Å². The van der Waals surface area contributed by atoms with Gasteiger partial charge in [0.1, 0.15) is 0 Å². The molecule has 0 fully saturated rings. The number of furan rings is 1. The summed E-state index contributed by atoms with van der Waals surface area (Å²) in [5.41, 5.74) is 1.19. The third-order valence-electron chi connectivity index (χ3n) is 2.82. The van der Waals surface area contributed by atoms with Gasteiger partial charge in [0.25, 0.3) is 5.91 Å². The molecule has 4 heteroatoms. The van der Waals surface area contributed by atoms with Crippen LogP contribution < -0.4 is 0 Å². The summed E-state index contributed by atoms with van der Waals surface area (Å²) >= 11 is 0. The predicted molar refractivity (Wildman–Crippen MR) is 65.8 cm³/mol. The van der Waals surface area contributed by atoms with E-state index in [0.29, 0.717) is 11.1 Å². The minimum Gasteiger partial charge on any atom is -0.459 e. The molecule has 0 amide bonds. The molecule has 0 spiro atoms. The molecule has 1 aromatic carbocycles. The molecule has 0 radical (unpaired) electrons. The Balaban J connectivity index is 2.24. The number of rotatable bonds is 2. The van der Waals surface area contributed by atoms with Crippen molar-refractivity contribution in [2.24, 2.45) is 0 Å². The van der Waals surface area contributed by atoms with Crippen molar-refractivity contribution < 1.29 is 14.0 Å². The number of benzene rings is 1. The standard InChI is InChI=1S/C14H9NO3/c16-9-10-8-15(12-5-2-1-4-11(10)12)14(17)13-6-3-7-18-13/h1-9H. The first-order valence-corrected chi connectivity index (χ1v) is 5.45. The zero-order valence-electron chi connectivity index (χ0n) is 9.37. The summed E-state index contributed by atoms with van der Waals surface area (Å²) in [6.45, 7) is 0. The van der Waals surface area contributed by atoms with Gasteiger partial charge in [-0.1, -0.05) is 18.2 Å². The van der Waals surface area contributed by atoms with Crippen molar-refractivity contribution in [3.63, 3.8) is 0 Å². The fraction of sp³-hybridized carbons (Fsp3) is 0. The van der Waals surface area contributed by atoms with E-state index in [1.54, 1.807) is 18.2 Å². The maximum atomic E-state index is 12.2. The smallest absolute Gasteiger partial charge is 0.298 e. The lowest BCUT2D eigenvalue weighted by Crippen LogP contribution is -2.09. The van der Waals surface area contributed by atoms with Crippen molar-refractivity contribution in [1.82, 2.24) is 4.57 Å². The zero-order valence-corrected chi connectivity index (χ0v) is 9.37. The number of aldehydes is 1. The molecule has 0 saturated heterocycles. The molecule has 0 unspecified atom stereocenters. The van der Waals surface area contributed by atoms with Gasteiger partial charge < -0.3 is 4.42 Å². The molecule has 0 N–H and O–H groups in total. The second-order valence-corrected chi connectivity index (χ2v) is 3.87. The number of nitrogens with zero attached hydrogens (tertiary/aromatic N) is 1. The summed E-state index contributed by atoms with van der Waals surface area (Å²) in [7, 11) is 0. The average Bonchev–Trinajstić information content (AvgIpc) is 3.05. The van der Waals surface area contributed by atoms with Gasteiger partial charge in [-0.05, 0) is 18.2 Å². The van der Waals surface area contributed by atoms with Crippen LogP contribution in [0.15, 0.2) is 53.3 Å². The minimum atomic E-state index is -0.288. The highest BCUT2D eigenvalue weighted by atomic mass is 16.3. The van der Waals surface area contributed by atoms with Crippen molar-refractivity contribution in [3.05, 3.63) is 60.2 Å². The van der Waals surface area contributed by atoms with Gasteiger partial charge in [-0.2, -0.15) is 0 Å². The first kappa shape index (κ1) is 10.5. The third-order valence-corrected chi connectivity index (χ3v) is 2.82. The van der Waals surface area contributed by atoms with Crippen LogP contribution in [0.2, 0.25) is 0 Å². The Morgan fingerprint density at radius 1 is 1.17 bits per heavy atom. The quantitative estimate of drug-likeness (QED) is 0.646. The van der Waals surface area contributed by atoms with Crippen LogP contribution >= 0.6 is 0 Å². The lowest BCUT2D eigenvalue weighted by Gasteiger charge is -2.00. The molecular weight excluding hydrogens is 230 g/mol. The number of aromatic nitrogens is 1. The van der Waals surface area contributed by atoms with Crippen LogP contribution in [-0.4, -0.2) is 16.8 Å². The molecule has 0 aliphatic carbocycles. The lowest BCUT2D eigenvalue weighted by atomic mass is 10.2. The highest BCUT2D eigenvalue weighted by Crippen LogP contribution is 2.21. The van der Waals surface area contributed by atoms with E-state index < -0.39 is 0 Å². The van der Waals surface area contributed by atoms with Crippen LogP contribution in [-0.2, 0) is 0 Å². The summed E-state index contributed by atoms with van der Waals surface area (Å²) in [4.78, 5) is 23.2. The van der Waals surface area contributed by atoms with E-state index in [4.69, 9.17) is 4.42 Å². The average molecular weight is 239 g/mol. The maximum absolute atomic E-state index is 12.2. The molecule has 0 bridgehead atoms. The molecule has 3 aromatic rings. The number of carbonyl (C=O) groups excluding carboxylic acids is 2. The van der Waals surface area contributed by atoms with Gasteiger partial charge in [-0.25, -0.2) is 0 Å². The summed E-state index contributed by atoms with van der Waals surface area (Å²) in [5, 5.41) is 0.757. The zero-order chi connectivity index (χ0) is 12.5. The maximum Gasteiger partial charge on any atom is 0.298 e. The Hall–Kier alpha value is -2.62. The van der Waals surface area contributed by atoms with E-state index in [-0.39, 0.29) is 11.7 Å². The van der Waals surface area contributed by atoms with Crippen LogP contribution in [0, 0.1) is 0 Å². The predicted octanol–water partition coefficient (Wildman–Crippen LogP) is 2.74. The van der Waals surface area contributed by atoms with Gasteiger partial charge in [0.2, 0.25) is 0 Å². The lowest BCUT2D eigenvalue weighted by molar-refractivity contribution is 0.0937. The Labute approximate surface area is 102 Å². The Morgan fingerprint density at radius 2 is 2.00 bits per heavy atom. The minimum absolute atomic E-state index is 0.244. The number of hydrogen-bond acceptors (Lipinski definition) is 3. The molecular formula is C14H9NO3. The summed E-state index contributed by atoms with van der Waals surface area (Å²) in [6.07, 6.45) is 3.72. The topological polar surface area (TPSA) is 52.2 Å².